The van der Waals surface area contributed by atoms with Gasteiger partial charge in [0, 0.05) is 27.1 Å². The van der Waals surface area contributed by atoms with E-state index < -0.39 is 14.0 Å². The van der Waals surface area contributed by atoms with Gasteiger partial charge < -0.3 is 19.1 Å². The average molecular weight is 479 g/mol. The number of aryl methyl sites for hydroxylation is 1. The van der Waals surface area contributed by atoms with Gasteiger partial charge in [0.2, 0.25) is 0 Å². The Morgan fingerprint density at radius 3 is 2.62 bits per heavy atom. The van der Waals surface area contributed by atoms with E-state index in [0.29, 0.717) is 30.4 Å². The molecule has 0 spiro atoms. The first-order valence-corrected chi connectivity index (χ1v) is 14.8. The van der Waals surface area contributed by atoms with E-state index in [-0.39, 0.29) is 5.56 Å². The van der Waals surface area contributed by atoms with Gasteiger partial charge in [0.25, 0.3) is 0 Å². The minimum atomic E-state index is -1.22. The highest BCUT2D eigenvalue weighted by atomic mass is 28.3. The molecule has 0 amide bonds. The zero-order valence-corrected chi connectivity index (χ0v) is 21.3. The van der Waals surface area contributed by atoms with Gasteiger partial charge in [-0.05, 0) is 42.5 Å². The molecule has 0 unspecified atom stereocenters. The van der Waals surface area contributed by atoms with Crippen LogP contribution in [0.5, 0.6) is 5.75 Å². The first-order chi connectivity index (χ1) is 16.1. The van der Waals surface area contributed by atoms with Crippen LogP contribution in [0.2, 0.25) is 25.7 Å². The molecule has 3 heterocycles. The Labute approximate surface area is 199 Å². The number of aromatic nitrogens is 4. The third kappa shape index (κ3) is 4.49. The molecule has 3 aromatic heterocycles. The van der Waals surface area contributed by atoms with Gasteiger partial charge in [-0.3, -0.25) is 4.57 Å². The van der Waals surface area contributed by atoms with E-state index in [1.165, 1.54) is 13.2 Å². The Morgan fingerprint density at radius 1 is 1.21 bits per heavy atom. The van der Waals surface area contributed by atoms with Crippen LogP contribution in [-0.2, 0) is 18.5 Å². The fraction of sp³-hybridized carbons (Fsp3) is 0.320. The monoisotopic (exact) mass is 478 g/mol. The van der Waals surface area contributed by atoms with Crippen LogP contribution in [0.1, 0.15) is 16.1 Å². The summed E-state index contributed by atoms with van der Waals surface area (Å²) in [6.45, 7) is 11.8. The van der Waals surface area contributed by atoms with Crippen LogP contribution < -0.4 is 4.74 Å². The predicted molar refractivity (Wildman–Crippen MR) is 137 cm³/mol. The van der Waals surface area contributed by atoms with Gasteiger partial charge in [-0.1, -0.05) is 26.2 Å². The Kier molecular flexibility index (Phi) is 6.33. The van der Waals surface area contributed by atoms with E-state index in [1.54, 1.807) is 12.1 Å². The highest BCUT2D eigenvalue weighted by molar-refractivity contribution is 6.76. The van der Waals surface area contributed by atoms with Gasteiger partial charge in [-0.2, -0.15) is 0 Å². The van der Waals surface area contributed by atoms with E-state index in [9.17, 15) is 9.90 Å². The first-order valence-electron chi connectivity index (χ1n) is 11.1. The van der Waals surface area contributed by atoms with E-state index in [4.69, 9.17) is 19.4 Å². The van der Waals surface area contributed by atoms with Crippen molar-refractivity contribution in [1.82, 2.24) is 19.1 Å². The van der Waals surface area contributed by atoms with Gasteiger partial charge in [0.05, 0.1) is 29.6 Å². The largest absolute Gasteiger partial charge is 0.494 e. The number of pyridine rings is 1. The molecule has 0 saturated carbocycles. The quantitative estimate of drug-likeness (QED) is 0.261. The van der Waals surface area contributed by atoms with Crippen LogP contribution in [0.4, 0.5) is 0 Å². The molecule has 4 rings (SSSR count). The highest BCUT2D eigenvalue weighted by Gasteiger charge is 2.22. The van der Waals surface area contributed by atoms with E-state index in [0.717, 1.165) is 34.0 Å². The summed E-state index contributed by atoms with van der Waals surface area (Å²) in [5.41, 5.74) is 3.78. The topological polar surface area (TPSA) is 91.4 Å². The maximum atomic E-state index is 11.6. The molecule has 4 aromatic rings. The molecule has 0 aliphatic heterocycles. The molecule has 34 heavy (non-hydrogen) atoms. The fourth-order valence-corrected chi connectivity index (χ4v) is 4.68. The van der Waals surface area contributed by atoms with E-state index in [1.807, 2.05) is 34.4 Å². The number of aromatic carboxylic acids is 1. The van der Waals surface area contributed by atoms with Crippen molar-refractivity contribution in [3.63, 3.8) is 0 Å². The van der Waals surface area contributed by atoms with Crippen LogP contribution in [0.25, 0.3) is 39.7 Å². The number of ether oxygens (including phenoxy) is 2. The molecule has 0 aliphatic carbocycles. The van der Waals surface area contributed by atoms with Crippen LogP contribution in [0, 0.1) is 0 Å². The number of imidazole rings is 1. The highest BCUT2D eigenvalue weighted by Crippen LogP contribution is 2.34. The number of hydrogen-bond acceptors (Lipinski definition) is 5. The third-order valence-corrected chi connectivity index (χ3v) is 7.53. The SMILES string of the molecule is C=Cc1ccc2cc(-c3nc4cc(C(=O)O)cc(OC)c4n3C)n(COCC[Si](C)(C)C)c2n1. The van der Waals surface area contributed by atoms with Crippen molar-refractivity contribution < 1.29 is 19.4 Å². The van der Waals surface area contributed by atoms with Gasteiger partial charge in [0.15, 0.2) is 5.82 Å². The third-order valence-electron chi connectivity index (χ3n) is 5.82. The van der Waals surface area contributed by atoms with Crippen molar-refractivity contribution in [2.45, 2.75) is 32.4 Å². The van der Waals surface area contributed by atoms with Gasteiger partial charge in [-0.25, -0.2) is 14.8 Å². The number of carboxylic acids is 1. The second kappa shape index (κ2) is 9.07. The molecule has 8 nitrogen and oxygen atoms in total. The first kappa shape index (κ1) is 23.7. The number of carboxylic acid groups (broad SMARTS) is 1. The second-order valence-electron chi connectivity index (χ2n) is 9.50. The Balaban J connectivity index is 1.87. The molecule has 0 fully saturated rings. The maximum Gasteiger partial charge on any atom is 0.335 e. The molecule has 0 aliphatic rings. The summed E-state index contributed by atoms with van der Waals surface area (Å²) in [6, 6.07) is 10.1. The van der Waals surface area contributed by atoms with Crippen molar-refractivity contribution in [3.8, 4) is 17.3 Å². The van der Waals surface area contributed by atoms with Crippen LogP contribution in [-0.4, -0.2) is 52.0 Å². The minimum Gasteiger partial charge on any atom is -0.494 e. The lowest BCUT2D eigenvalue weighted by molar-refractivity contribution is 0.0696. The summed E-state index contributed by atoms with van der Waals surface area (Å²) in [7, 11) is 2.19. The molecule has 1 N–H and O–H groups in total. The van der Waals surface area contributed by atoms with Crippen molar-refractivity contribution in [2.75, 3.05) is 13.7 Å². The lowest BCUT2D eigenvalue weighted by Gasteiger charge is -2.16. The molecule has 0 radical (unpaired) electrons. The zero-order valence-electron chi connectivity index (χ0n) is 20.3. The number of nitrogens with zero attached hydrogens (tertiary/aromatic N) is 4. The zero-order chi connectivity index (χ0) is 24.6. The smallest absolute Gasteiger partial charge is 0.335 e. The average Bonchev–Trinajstić information content (AvgIpc) is 3.32. The lowest BCUT2D eigenvalue weighted by atomic mass is 10.2. The molecule has 1 aromatic carbocycles. The number of hydrogen-bond donors (Lipinski definition) is 1. The molecule has 0 saturated heterocycles. The summed E-state index contributed by atoms with van der Waals surface area (Å²) in [6.07, 6.45) is 1.72. The second-order valence-corrected chi connectivity index (χ2v) is 15.1. The molecule has 9 heteroatoms. The van der Waals surface area contributed by atoms with Gasteiger partial charge in [-0.15, -0.1) is 0 Å². The summed E-state index contributed by atoms with van der Waals surface area (Å²) < 4.78 is 15.5. The minimum absolute atomic E-state index is 0.126. The van der Waals surface area contributed by atoms with E-state index >= 15 is 0 Å². The normalized spacial score (nSPS) is 11.9. The predicted octanol–water partition coefficient (Wildman–Crippen LogP) is 5.25. The van der Waals surface area contributed by atoms with Crippen molar-refractivity contribution in [1.29, 1.82) is 0 Å². The molecule has 0 atom stereocenters. The van der Waals surface area contributed by atoms with E-state index in [2.05, 4.69) is 26.2 Å². The van der Waals surface area contributed by atoms with Crippen LogP contribution in [0.15, 0.2) is 36.9 Å². The van der Waals surface area contributed by atoms with Crippen molar-refractivity contribution in [3.05, 3.63) is 48.2 Å². The van der Waals surface area contributed by atoms with Crippen LogP contribution >= 0.6 is 0 Å². The summed E-state index contributed by atoms with van der Waals surface area (Å²) in [5.74, 6) is 0.0959. The summed E-state index contributed by atoms with van der Waals surface area (Å²) in [5, 5.41) is 10.5. The van der Waals surface area contributed by atoms with Crippen molar-refractivity contribution in [2.24, 2.45) is 7.05 Å². The molecular formula is C25H30N4O4Si. The Bertz CT molecular complexity index is 1400. The Hall–Kier alpha value is -3.43. The summed E-state index contributed by atoms with van der Waals surface area (Å²) in [4.78, 5) is 21.2. The number of rotatable bonds is 9. The van der Waals surface area contributed by atoms with Gasteiger partial charge >= 0.3 is 5.97 Å². The summed E-state index contributed by atoms with van der Waals surface area (Å²) >= 11 is 0. The number of fused-ring (bicyclic) bond motifs is 2. The molecular weight excluding hydrogens is 448 g/mol. The molecule has 0 bridgehead atoms. The van der Waals surface area contributed by atoms with Crippen LogP contribution in [0.3, 0.4) is 0 Å². The van der Waals surface area contributed by atoms with Gasteiger partial charge in [0.1, 0.15) is 23.6 Å². The maximum absolute atomic E-state index is 11.6. The number of benzene rings is 1. The fourth-order valence-electron chi connectivity index (χ4n) is 3.92. The number of carbonyl (C=O) groups is 1. The Morgan fingerprint density at radius 2 is 1.97 bits per heavy atom. The van der Waals surface area contributed by atoms with Crippen molar-refractivity contribution >= 4 is 42.2 Å². The lowest BCUT2D eigenvalue weighted by Crippen LogP contribution is -2.22. The number of methoxy groups -OCH3 is 1. The molecule has 178 valence electrons. The standard InChI is InChI=1S/C25H30N4O4Si/c1-7-18-9-8-16-13-20(29(23(16)26-18)15-33-10-11-34(4,5)6)24-27-19-12-17(25(30)31)14-21(32-3)22(19)28(24)2/h7-9,12-14H,1,10-11,15H2,2-6H3,(H,30,31).